The van der Waals surface area contributed by atoms with E-state index in [1.165, 1.54) is 11.1 Å². The Balaban J connectivity index is 2.43. The van der Waals surface area contributed by atoms with Gasteiger partial charge in [-0.2, -0.15) is 0 Å². The zero-order valence-electron chi connectivity index (χ0n) is 11.8. The van der Waals surface area contributed by atoms with E-state index in [1.54, 1.807) is 0 Å². The molecule has 0 spiro atoms. The minimum Gasteiger partial charge on any atom is -0.489 e. The molecule has 1 aliphatic carbocycles. The van der Waals surface area contributed by atoms with Crippen molar-refractivity contribution in [2.75, 3.05) is 13.2 Å². The zero-order chi connectivity index (χ0) is 13.7. The Morgan fingerprint density at radius 2 is 1.79 bits per heavy atom. The van der Waals surface area contributed by atoms with E-state index < -0.39 is 0 Å². The number of aryl methyl sites for hydroxylation is 1. The van der Waals surface area contributed by atoms with Gasteiger partial charge in [-0.05, 0) is 43.7 Å². The van der Waals surface area contributed by atoms with Crippen molar-refractivity contribution in [3.8, 4) is 11.5 Å². The summed E-state index contributed by atoms with van der Waals surface area (Å²) in [6, 6.07) is 1.97. The number of aldehydes is 1. The summed E-state index contributed by atoms with van der Waals surface area (Å²) in [5, 5.41) is 0. The average Bonchev–Trinajstić information content (AvgIpc) is 2.90. The second-order valence-corrected chi connectivity index (χ2v) is 4.93. The van der Waals surface area contributed by atoms with Gasteiger partial charge in [-0.15, -0.1) is 0 Å². The van der Waals surface area contributed by atoms with Crippen molar-refractivity contribution in [2.24, 2.45) is 0 Å². The van der Waals surface area contributed by atoms with Gasteiger partial charge in [-0.1, -0.05) is 13.8 Å². The molecule has 0 N–H and O–H groups in total. The van der Waals surface area contributed by atoms with Crippen molar-refractivity contribution in [1.82, 2.24) is 0 Å². The van der Waals surface area contributed by atoms with Gasteiger partial charge in [-0.3, -0.25) is 4.79 Å². The largest absolute Gasteiger partial charge is 0.489 e. The van der Waals surface area contributed by atoms with Crippen molar-refractivity contribution in [1.29, 1.82) is 0 Å². The molecule has 1 aliphatic rings. The first-order valence-electron chi connectivity index (χ1n) is 7.21. The van der Waals surface area contributed by atoms with Crippen LogP contribution in [-0.2, 0) is 12.8 Å². The van der Waals surface area contributed by atoms with E-state index in [0.29, 0.717) is 24.5 Å². The predicted molar refractivity (Wildman–Crippen MR) is 75.4 cm³/mol. The summed E-state index contributed by atoms with van der Waals surface area (Å²) >= 11 is 0. The first-order valence-corrected chi connectivity index (χ1v) is 7.21. The highest BCUT2D eigenvalue weighted by Crippen LogP contribution is 2.41. The number of benzene rings is 1. The van der Waals surface area contributed by atoms with Gasteiger partial charge in [0.15, 0.2) is 17.8 Å². The maximum atomic E-state index is 11.3. The van der Waals surface area contributed by atoms with Gasteiger partial charge >= 0.3 is 0 Å². The quantitative estimate of drug-likeness (QED) is 0.705. The summed E-state index contributed by atoms with van der Waals surface area (Å²) in [5.41, 5.74) is 3.11. The topological polar surface area (TPSA) is 35.5 Å². The minimum absolute atomic E-state index is 0.613. The maximum absolute atomic E-state index is 11.3. The number of carbonyl (C=O) groups is 1. The molecule has 3 nitrogen and oxygen atoms in total. The number of carbonyl (C=O) groups excluding carboxylic acids is 1. The highest BCUT2D eigenvalue weighted by Gasteiger charge is 2.23. The van der Waals surface area contributed by atoms with Crippen LogP contribution in [-0.4, -0.2) is 19.5 Å². The second kappa shape index (κ2) is 6.60. The summed E-state index contributed by atoms with van der Waals surface area (Å²) in [7, 11) is 0. The van der Waals surface area contributed by atoms with E-state index in [0.717, 1.165) is 44.1 Å². The SMILES string of the molecule is CCCOc1c(C=O)cc2c(c1OCCC)CCC2. The minimum atomic E-state index is 0.613. The summed E-state index contributed by atoms with van der Waals surface area (Å²) in [6.45, 7) is 5.41. The number of rotatable bonds is 7. The molecule has 1 aromatic carbocycles. The van der Waals surface area contributed by atoms with Gasteiger partial charge < -0.3 is 9.47 Å². The third-order valence-electron chi connectivity index (χ3n) is 3.36. The highest BCUT2D eigenvalue weighted by atomic mass is 16.5. The number of ether oxygens (including phenoxy) is 2. The first-order chi connectivity index (χ1) is 9.31. The Labute approximate surface area is 114 Å². The van der Waals surface area contributed by atoms with Crippen molar-refractivity contribution < 1.29 is 14.3 Å². The fourth-order valence-electron chi connectivity index (χ4n) is 2.50. The van der Waals surface area contributed by atoms with E-state index in [4.69, 9.17) is 9.47 Å². The smallest absolute Gasteiger partial charge is 0.171 e. The van der Waals surface area contributed by atoms with Gasteiger partial charge in [0.05, 0.1) is 18.8 Å². The van der Waals surface area contributed by atoms with Crippen LogP contribution >= 0.6 is 0 Å². The van der Waals surface area contributed by atoms with Gasteiger partial charge in [0.2, 0.25) is 0 Å². The van der Waals surface area contributed by atoms with Crippen LogP contribution in [0, 0.1) is 0 Å². The molecule has 0 unspecified atom stereocenters. The molecule has 0 aliphatic heterocycles. The number of hydrogen-bond donors (Lipinski definition) is 0. The lowest BCUT2D eigenvalue weighted by molar-refractivity contribution is 0.111. The van der Waals surface area contributed by atoms with Crippen LogP contribution in [0.1, 0.15) is 54.6 Å². The number of fused-ring (bicyclic) bond motifs is 1. The monoisotopic (exact) mass is 262 g/mol. The van der Waals surface area contributed by atoms with Crippen LogP contribution in [0.25, 0.3) is 0 Å². The molecule has 104 valence electrons. The average molecular weight is 262 g/mol. The molecule has 19 heavy (non-hydrogen) atoms. The Morgan fingerprint density at radius 1 is 1.11 bits per heavy atom. The van der Waals surface area contributed by atoms with Crippen LogP contribution < -0.4 is 9.47 Å². The lowest BCUT2D eigenvalue weighted by Gasteiger charge is -2.17. The van der Waals surface area contributed by atoms with Crippen LogP contribution in [0.4, 0.5) is 0 Å². The normalized spacial score (nSPS) is 13.2. The summed E-state index contributed by atoms with van der Waals surface area (Å²) in [5.74, 6) is 1.46. The molecule has 0 atom stereocenters. The maximum Gasteiger partial charge on any atom is 0.171 e. The summed E-state index contributed by atoms with van der Waals surface area (Å²) in [6.07, 6.45) is 5.94. The molecule has 0 saturated carbocycles. The van der Waals surface area contributed by atoms with E-state index in [2.05, 4.69) is 13.8 Å². The molecule has 0 aromatic heterocycles. The molecular formula is C16H22O3. The summed E-state index contributed by atoms with van der Waals surface area (Å²) < 4.78 is 11.7. The van der Waals surface area contributed by atoms with Gasteiger partial charge in [0.25, 0.3) is 0 Å². The first kappa shape index (κ1) is 13.9. The molecule has 2 rings (SSSR count). The van der Waals surface area contributed by atoms with E-state index >= 15 is 0 Å². The van der Waals surface area contributed by atoms with Gasteiger partial charge in [0.1, 0.15) is 0 Å². The Hall–Kier alpha value is -1.51. The van der Waals surface area contributed by atoms with Gasteiger partial charge in [0, 0.05) is 5.56 Å². The van der Waals surface area contributed by atoms with Crippen molar-refractivity contribution in [3.05, 3.63) is 22.8 Å². The molecule has 0 radical (unpaired) electrons. The molecule has 0 fully saturated rings. The van der Waals surface area contributed by atoms with Crippen LogP contribution in [0.15, 0.2) is 6.07 Å². The van der Waals surface area contributed by atoms with Crippen LogP contribution in [0.5, 0.6) is 11.5 Å². The Bertz CT molecular complexity index is 452. The molecule has 3 heteroatoms. The van der Waals surface area contributed by atoms with E-state index in [9.17, 15) is 4.79 Å². The lowest BCUT2D eigenvalue weighted by atomic mass is 10.0. The van der Waals surface area contributed by atoms with Gasteiger partial charge in [-0.25, -0.2) is 0 Å². The van der Waals surface area contributed by atoms with Crippen molar-refractivity contribution in [2.45, 2.75) is 46.0 Å². The molecule has 0 bridgehead atoms. The third-order valence-corrected chi connectivity index (χ3v) is 3.36. The molecule has 1 aromatic rings. The highest BCUT2D eigenvalue weighted by molar-refractivity contribution is 5.83. The second-order valence-electron chi connectivity index (χ2n) is 4.93. The molecule has 0 heterocycles. The van der Waals surface area contributed by atoms with Crippen LogP contribution in [0.2, 0.25) is 0 Å². The standard InChI is InChI=1S/C16H22O3/c1-3-8-18-15-13(11-17)10-12-6-5-7-14(12)16(15)19-9-4-2/h10-11H,3-9H2,1-2H3. The third kappa shape index (κ3) is 2.91. The van der Waals surface area contributed by atoms with E-state index in [1.807, 2.05) is 6.07 Å². The lowest BCUT2D eigenvalue weighted by Crippen LogP contribution is -2.06. The number of hydrogen-bond acceptors (Lipinski definition) is 3. The predicted octanol–water partition coefficient (Wildman–Crippen LogP) is 3.57. The van der Waals surface area contributed by atoms with Crippen molar-refractivity contribution in [3.63, 3.8) is 0 Å². The fourth-order valence-corrected chi connectivity index (χ4v) is 2.50. The Morgan fingerprint density at radius 3 is 2.42 bits per heavy atom. The fraction of sp³-hybridized carbons (Fsp3) is 0.562. The Kier molecular flexibility index (Phi) is 4.83. The molecule has 0 saturated heterocycles. The zero-order valence-corrected chi connectivity index (χ0v) is 11.8. The van der Waals surface area contributed by atoms with Crippen molar-refractivity contribution >= 4 is 6.29 Å². The van der Waals surface area contributed by atoms with Crippen LogP contribution in [0.3, 0.4) is 0 Å². The summed E-state index contributed by atoms with van der Waals surface area (Å²) in [4.78, 5) is 11.3. The molecular weight excluding hydrogens is 240 g/mol. The van der Waals surface area contributed by atoms with E-state index in [-0.39, 0.29) is 0 Å². The molecule has 0 amide bonds.